The van der Waals surface area contributed by atoms with Gasteiger partial charge in [-0.2, -0.15) is 0 Å². The largest absolute Gasteiger partial charge is 0.381 e. The van der Waals surface area contributed by atoms with E-state index in [0.29, 0.717) is 12.1 Å². The Balaban J connectivity index is 2.01. The molecule has 1 fully saturated rings. The molecule has 0 heterocycles. The second kappa shape index (κ2) is 5.46. The lowest BCUT2D eigenvalue weighted by Crippen LogP contribution is -2.45. The summed E-state index contributed by atoms with van der Waals surface area (Å²) in [7, 11) is 1.71. The molecule has 0 amide bonds. The third-order valence-electron chi connectivity index (χ3n) is 3.51. The average Bonchev–Trinajstić information content (AvgIpc) is 2.32. The van der Waals surface area contributed by atoms with Gasteiger partial charge in [-0.15, -0.1) is 0 Å². The maximum atomic E-state index is 11.0. The van der Waals surface area contributed by atoms with Crippen LogP contribution < -0.4 is 5.32 Å². The Morgan fingerprint density at radius 1 is 1.44 bits per heavy atom. The van der Waals surface area contributed by atoms with Crippen molar-refractivity contribution in [1.82, 2.24) is 5.32 Å². The van der Waals surface area contributed by atoms with Crippen LogP contribution in [0.2, 0.25) is 0 Å². The number of ether oxygens (including phenoxy) is 1. The van der Waals surface area contributed by atoms with Crippen molar-refractivity contribution in [1.29, 1.82) is 0 Å². The molecule has 0 saturated heterocycles. The number of nitro groups is 1. The molecule has 0 bridgehead atoms. The van der Waals surface area contributed by atoms with Crippen molar-refractivity contribution in [2.24, 2.45) is 0 Å². The van der Waals surface area contributed by atoms with Gasteiger partial charge in [0.25, 0.3) is 5.69 Å². The third-order valence-corrected chi connectivity index (χ3v) is 3.51. The Hall–Kier alpha value is -1.46. The van der Waals surface area contributed by atoms with Crippen molar-refractivity contribution in [3.05, 3.63) is 39.9 Å². The first kappa shape index (κ1) is 13.0. The molecule has 0 radical (unpaired) electrons. The third kappa shape index (κ3) is 2.68. The Morgan fingerprint density at radius 3 is 2.72 bits per heavy atom. The highest BCUT2D eigenvalue weighted by Crippen LogP contribution is 2.29. The van der Waals surface area contributed by atoms with Gasteiger partial charge in [-0.05, 0) is 19.8 Å². The molecule has 0 spiro atoms. The first-order valence-electron chi connectivity index (χ1n) is 6.14. The van der Waals surface area contributed by atoms with Crippen LogP contribution in [0, 0.1) is 10.1 Å². The van der Waals surface area contributed by atoms with Crippen LogP contribution >= 0.6 is 0 Å². The molecule has 2 rings (SSSR count). The number of nitrogens with one attached hydrogen (secondary N) is 1. The molecule has 5 nitrogen and oxygen atoms in total. The summed E-state index contributed by atoms with van der Waals surface area (Å²) >= 11 is 0. The van der Waals surface area contributed by atoms with Crippen molar-refractivity contribution in [2.45, 2.75) is 38.0 Å². The maximum Gasteiger partial charge on any atom is 0.274 e. The summed E-state index contributed by atoms with van der Waals surface area (Å²) in [5, 5.41) is 14.4. The van der Waals surface area contributed by atoms with Crippen LogP contribution in [0.25, 0.3) is 0 Å². The Kier molecular flexibility index (Phi) is 3.93. The van der Waals surface area contributed by atoms with Gasteiger partial charge in [-0.3, -0.25) is 10.1 Å². The first-order valence-corrected chi connectivity index (χ1v) is 6.14. The van der Waals surface area contributed by atoms with Crippen LogP contribution in [0.15, 0.2) is 24.3 Å². The zero-order valence-electron chi connectivity index (χ0n) is 10.6. The van der Waals surface area contributed by atoms with Crippen LogP contribution in [-0.2, 0) is 4.74 Å². The number of nitro benzene ring substituents is 1. The van der Waals surface area contributed by atoms with E-state index in [1.807, 2.05) is 19.1 Å². The standard InChI is InChI=1S/C13H18N2O3/c1-9(14-10-7-11(8-10)18-2)12-5-3-4-6-13(12)15(16)17/h3-6,9-11,14H,7-8H2,1-2H3. The summed E-state index contributed by atoms with van der Waals surface area (Å²) in [5.74, 6) is 0. The maximum absolute atomic E-state index is 11.0. The summed E-state index contributed by atoms with van der Waals surface area (Å²) in [5.41, 5.74) is 0.920. The van der Waals surface area contributed by atoms with E-state index in [0.717, 1.165) is 18.4 Å². The summed E-state index contributed by atoms with van der Waals surface area (Å²) in [6, 6.07) is 7.26. The van der Waals surface area contributed by atoms with E-state index in [1.165, 1.54) is 0 Å². The topological polar surface area (TPSA) is 64.4 Å². The van der Waals surface area contributed by atoms with E-state index in [9.17, 15) is 10.1 Å². The summed E-state index contributed by atoms with van der Waals surface area (Å²) < 4.78 is 5.22. The van der Waals surface area contributed by atoms with E-state index >= 15 is 0 Å². The van der Waals surface area contributed by atoms with Crippen LogP contribution in [0.5, 0.6) is 0 Å². The minimum atomic E-state index is -0.327. The lowest BCUT2D eigenvalue weighted by atomic mass is 9.88. The molecule has 1 atom stereocenters. The van der Waals surface area contributed by atoms with Gasteiger partial charge in [-0.1, -0.05) is 18.2 Å². The zero-order valence-corrected chi connectivity index (χ0v) is 10.6. The summed E-state index contributed by atoms with van der Waals surface area (Å²) in [4.78, 5) is 10.6. The van der Waals surface area contributed by atoms with Gasteiger partial charge >= 0.3 is 0 Å². The molecule has 1 aliphatic carbocycles. The Morgan fingerprint density at radius 2 is 2.11 bits per heavy atom. The van der Waals surface area contributed by atoms with Gasteiger partial charge < -0.3 is 10.1 Å². The number of nitrogens with zero attached hydrogens (tertiary/aromatic N) is 1. The first-order chi connectivity index (χ1) is 8.61. The molecule has 1 aromatic rings. The zero-order chi connectivity index (χ0) is 13.1. The van der Waals surface area contributed by atoms with Gasteiger partial charge in [0.1, 0.15) is 0 Å². The summed E-state index contributed by atoms with van der Waals surface area (Å²) in [6.45, 7) is 1.96. The van der Waals surface area contributed by atoms with Gasteiger partial charge in [0, 0.05) is 30.8 Å². The predicted octanol–water partition coefficient (Wildman–Crippen LogP) is 2.42. The van der Waals surface area contributed by atoms with Crippen molar-refractivity contribution in [3.63, 3.8) is 0 Å². The Bertz CT molecular complexity index is 430. The number of hydrogen-bond acceptors (Lipinski definition) is 4. The van der Waals surface area contributed by atoms with Crippen molar-refractivity contribution >= 4 is 5.69 Å². The van der Waals surface area contributed by atoms with Gasteiger partial charge in [0.05, 0.1) is 11.0 Å². The normalized spacial score (nSPS) is 24.3. The molecule has 1 saturated carbocycles. The van der Waals surface area contributed by atoms with Crippen molar-refractivity contribution in [2.75, 3.05) is 7.11 Å². The van der Waals surface area contributed by atoms with Gasteiger partial charge in [-0.25, -0.2) is 0 Å². The fourth-order valence-electron chi connectivity index (χ4n) is 2.36. The van der Waals surface area contributed by atoms with Crippen molar-refractivity contribution < 1.29 is 9.66 Å². The fraction of sp³-hybridized carbons (Fsp3) is 0.538. The van der Waals surface area contributed by atoms with Crippen LogP contribution in [0.3, 0.4) is 0 Å². The number of rotatable bonds is 5. The van der Waals surface area contributed by atoms with Gasteiger partial charge in [0.15, 0.2) is 0 Å². The predicted molar refractivity (Wildman–Crippen MR) is 68.5 cm³/mol. The molecule has 1 aromatic carbocycles. The smallest absolute Gasteiger partial charge is 0.274 e. The fourth-order valence-corrected chi connectivity index (χ4v) is 2.36. The molecular weight excluding hydrogens is 232 g/mol. The average molecular weight is 250 g/mol. The van der Waals surface area contributed by atoms with E-state index in [1.54, 1.807) is 19.2 Å². The van der Waals surface area contributed by atoms with Crippen LogP contribution in [0.1, 0.15) is 31.4 Å². The van der Waals surface area contributed by atoms with E-state index in [4.69, 9.17) is 4.74 Å². The molecule has 1 N–H and O–H groups in total. The molecule has 0 aromatic heterocycles. The van der Waals surface area contributed by atoms with E-state index in [-0.39, 0.29) is 16.7 Å². The highest BCUT2D eigenvalue weighted by molar-refractivity contribution is 5.41. The Labute approximate surface area is 106 Å². The highest BCUT2D eigenvalue weighted by Gasteiger charge is 2.31. The molecule has 1 unspecified atom stereocenters. The van der Waals surface area contributed by atoms with Crippen LogP contribution in [-0.4, -0.2) is 24.2 Å². The molecule has 18 heavy (non-hydrogen) atoms. The number of methoxy groups -OCH3 is 1. The van der Waals surface area contributed by atoms with Crippen LogP contribution in [0.4, 0.5) is 5.69 Å². The van der Waals surface area contributed by atoms with E-state index < -0.39 is 0 Å². The highest BCUT2D eigenvalue weighted by atomic mass is 16.6. The second-order valence-corrected chi connectivity index (χ2v) is 4.73. The molecule has 0 aliphatic heterocycles. The minimum Gasteiger partial charge on any atom is -0.381 e. The molecule has 98 valence electrons. The van der Waals surface area contributed by atoms with Crippen molar-refractivity contribution in [3.8, 4) is 0 Å². The lowest BCUT2D eigenvalue weighted by Gasteiger charge is -2.36. The SMILES string of the molecule is COC1CC(NC(C)c2ccccc2[N+](=O)[O-])C1. The van der Waals surface area contributed by atoms with Gasteiger partial charge in [0.2, 0.25) is 0 Å². The summed E-state index contributed by atoms with van der Waals surface area (Å²) in [6.07, 6.45) is 2.28. The number of para-hydroxylation sites is 1. The minimum absolute atomic E-state index is 0.0191. The monoisotopic (exact) mass is 250 g/mol. The molecular formula is C13H18N2O3. The van der Waals surface area contributed by atoms with E-state index in [2.05, 4.69) is 5.32 Å². The molecule has 1 aliphatic rings. The molecule has 5 heteroatoms. The number of hydrogen-bond donors (Lipinski definition) is 1. The second-order valence-electron chi connectivity index (χ2n) is 4.73. The quantitative estimate of drug-likeness (QED) is 0.644. The number of benzene rings is 1. The lowest BCUT2D eigenvalue weighted by molar-refractivity contribution is -0.385.